The van der Waals surface area contributed by atoms with Crippen molar-refractivity contribution in [1.29, 1.82) is 0 Å². The molecule has 0 unspecified atom stereocenters. The van der Waals surface area contributed by atoms with Crippen molar-refractivity contribution in [3.8, 4) is 0 Å². The summed E-state index contributed by atoms with van der Waals surface area (Å²) in [5, 5.41) is 3.06. The molecule has 0 spiro atoms. The lowest BCUT2D eigenvalue weighted by Crippen LogP contribution is -2.30. The van der Waals surface area contributed by atoms with Crippen molar-refractivity contribution in [2.45, 2.75) is 6.92 Å². The molecule has 0 bridgehead atoms. The van der Waals surface area contributed by atoms with Gasteiger partial charge in [-0.25, -0.2) is 9.97 Å². The Kier molecular flexibility index (Phi) is 5.85. The van der Waals surface area contributed by atoms with Crippen LogP contribution in [0.15, 0.2) is 59.3 Å². The average molecular weight is 441 g/mol. The minimum atomic E-state index is -0.347. The van der Waals surface area contributed by atoms with Crippen LogP contribution in [0.1, 0.15) is 27.6 Å². The zero-order valence-electron chi connectivity index (χ0n) is 14.9. The summed E-state index contributed by atoms with van der Waals surface area (Å²) in [5.41, 5.74) is 13.4. The van der Waals surface area contributed by atoms with Crippen molar-refractivity contribution < 1.29 is 9.59 Å². The van der Waals surface area contributed by atoms with Gasteiger partial charge in [0, 0.05) is 15.7 Å². The van der Waals surface area contributed by atoms with Crippen LogP contribution in [0.3, 0.4) is 0 Å². The van der Waals surface area contributed by atoms with E-state index in [2.05, 4.69) is 42.1 Å². The number of amides is 1. The van der Waals surface area contributed by atoms with Crippen molar-refractivity contribution >= 4 is 50.6 Å². The molecule has 0 saturated heterocycles. The highest BCUT2D eigenvalue weighted by atomic mass is 79.9. The number of halogens is 1. The molecule has 3 aromatic rings. The lowest BCUT2D eigenvalue weighted by molar-refractivity contribution is 0.0960. The molecule has 1 amide bonds. The van der Waals surface area contributed by atoms with E-state index in [-0.39, 0.29) is 23.2 Å². The summed E-state index contributed by atoms with van der Waals surface area (Å²) < 4.78 is 0.668. The van der Waals surface area contributed by atoms with E-state index in [1.165, 1.54) is 13.3 Å². The number of anilines is 4. The Hall–Kier alpha value is -3.46. The van der Waals surface area contributed by atoms with E-state index >= 15 is 0 Å². The van der Waals surface area contributed by atoms with Gasteiger partial charge in [0.15, 0.2) is 17.4 Å². The molecule has 0 aliphatic heterocycles. The summed E-state index contributed by atoms with van der Waals surface area (Å²) >= 11 is 3.33. The number of nitrogen functional groups attached to an aromatic ring is 1. The van der Waals surface area contributed by atoms with Crippen LogP contribution in [-0.4, -0.2) is 21.7 Å². The number of aromatic nitrogens is 2. The number of Topliss-reactive ketones (excluding diaryl/α,β-unsaturated/α-hetero) is 1. The van der Waals surface area contributed by atoms with Crippen LogP contribution in [0, 0.1) is 0 Å². The van der Waals surface area contributed by atoms with E-state index in [1.54, 1.807) is 42.5 Å². The second-order valence-electron chi connectivity index (χ2n) is 5.80. The van der Waals surface area contributed by atoms with Gasteiger partial charge in [-0.3, -0.25) is 20.4 Å². The van der Waals surface area contributed by atoms with Crippen LogP contribution in [0.4, 0.5) is 23.0 Å². The minimum absolute atomic E-state index is 0.0135. The van der Waals surface area contributed by atoms with Gasteiger partial charge in [0.2, 0.25) is 0 Å². The van der Waals surface area contributed by atoms with Gasteiger partial charge in [-0.05, 0) is 59.3 Å². The van der Waals surface area contributed by atoms with E-state index in [9.17, 15) is 9.59 Å². The van der Waals surface area contributed by atoms with Crippen LogP contribution in [0.25, 0.3) is 0 Å². The maximum Gasteiger partial charge on any atom is 0.270 e. The van der Waals surface area contributed by atoms with Gasteiger partial charge in [0.1, 0.15) is 12.0 Å². The highest BCUT2D eigenvalue weighted by Gasteiger charge is 2.12. The fourth-order valence-electron chi connectivity index (χ4n) is 2.35. The molecule has 0 aliphatic carbocycles. The molecule has 0 aliphatic rings. The van der Waals surface area contributed by atoms with Crippen LogP contribution >= 0.6 is 15.9 Å². The zero-order valence-corrected chi connectivity index (χ0v) is 16.4. The molecule has 0 atom stereocenters. The van der Waals surface area contributed by atoms with Gasteiger partial charge >= 0.3 is 0 Å². The first kappa shape index (κ1) is 19.3. The smallest absolute Gasteiger partial charge is 0.270 e. The molecule has 0 radical (unpaired) electrons. The standard InChI is InChI=1S/C19H17BrN6O2/c1-11(27)12-6-8-13(9-7-12)24-17-16(21)18(23-10-22-17)25-26-19(28)14-4-2-3-5-15(14)20/h2-10H,21H2,1H3,(H,26,28)(H2,22,23,24,25). The Morgan fingerprint density at radius 2 is 1.68 bits per heavy atom. The van der Waals surface area contributed by atoms with Crippen LogP contribution in [-0.2, 0) is 0 Å². The van der Waals surface area contributed by atoms with Crippen LogP contribution < -0.4 is 21.9 Å². The number of hydrazine groups is 1. The Morgan fingerprint density at radius 3 is 2.36 bits per heavy atom. The molecule has 9 heteroatoms. The van der Waals surface area contributed by atoms with Crippen molar-refractivity contribution in [1.82, 2.24) is 15.4 Å². The maximum atomic E-state index is 12.3. The van der Waals surface area contributed by atoms with E-state index < -0.39 is 0 Å². The van der Waals surface area contributed by atoms with E-state index in [1.807, 2.05) is 6.07 Å². The van der Waals surface area contributed by atoms with Gasteiger partial charge < -0.3 is 11.1 Å². The van der Waals surface area contributed by atoms with E-state index in [0.29, 0.717) is 27.1 Å². The van der Waals surface area contributed by atoms with Crippen molar-refractivity contribution in [3.63, 3.8) is 0 Å². The topological polar surface area (TPSA) is 122 Å². The van der Waals surface area contributed by atoms with Gasteiger partial charge in [-0.15, -0.1) is 0 Å². The molecule has 0 saturated carbocycles. The third-order valence-electron chi connectivity index (χ3n) is 3.85. The van der Waals surface area contributed by atoms with Crippen molar-refractivity contribution in [2.24, 2.45) is 0 Å². The number of rotatable bonds is 6. The first-order valence-electron chi connectivity index (χ1n) is 8.25. The molecule has 142 valence electrons. The summed E-state index contributed by atoms with van der Waals surface area (Å²) in [7, 11) is 0. The second kappa shape index (κ2) is 8.49. The zero-order chi connectivity index (χ0) is 20.1. The number of nitrogens with zero attached hydrogens (tertiary/aromatic N) is 2. The quantitative estimate of drug-likeness (QED) is 0.341. The predicted molar refractivity (Wildman–Crippen MR) is 111 cm³/mol. The number of carbonyl (C=O) groups excluding carboxylic acids is 2. The number of hydrogen-bond donors (Lipinski definition) is 4. The summed E-state index contributed by atoms with van der Waals surface area (Å²) in [6, 6.07) is 13.9. The molecule has 8 nitrogen and oxygen atoms in total. The number of nitrogens with one attached hydrogen (secondary N) is 3. The second-order valence-corrected chi connectivity index (χ2v) is 6.66. The Labute approximate surface area is 169 Å². The average Bonchev–Trinajstić information content (AvgIpc) is 2.69. The van der Waals surface area contributed by atoms with E-state index in [4.69, 9.17) is 5.73 Å². The number of ketones is 1. The molecule has 2 aromatic carbocycles. The maximum absolute atomic E-state index is 12.3. The third-order valence-corrected chi connectivity index (χ3v) is 4.54. The van der Waals surface area contributed by atoms with E-state index in [0.717, 1.165) is 0 Å². The molecule has 1 heterocycles. The molecule has 0 fully saturated rings. The number of carbonyl (C=O) groups is 2. The Bertz CT molecular complexity index is 1020. The predicted octanol–water partition coefficient (Wildman–Crippen LogP) is 3.52. The number of hydrogen-bond acceptors (Lipinski definition) is 7. The van der Waals surface area contributed by atoms with Gasteiger partial charge in [-0.1, -0.05) is 12.1 Å². The van der Waals surface area contributed by atoms with Gasteiger partial charge in [0.25, 0.3) is 5.91 Å². The largest absolute Gasteiger partial charge is 0.393 e. The normalized spacial score (nSPS) is 10.2. The van der Waals surface area contributed by atoms with Crippen molar-refractivity contribution in [2.75, 3.05) is 16.5 Å². The summed E-state index contributed by atoms with van der Waals surface area (Å²) in [6.45, 7) is 1.51. The highest BCUT2D eigenvalue weighted by Crippen LogP contribution is 2.25. The number of nitrogens with two attached hydrogens (primary N) is 1. The molecule has 28 heavy (non-hydrogen) atoms. The fraction of sp³-hybridized carbons (Fsp3) is 0.0526. The molecule has 3 rings (SSSR count). The Morgan fingerprint density at radius 1 is 1.00 bits per heavy atom. The highest BCUT2D eigenvalue weighted by molar-refractivity contribution is 9.10. The van der Waals surface area contributed by atoms with Crippen molar-refractivity contribution in [3.05, 3.63) is 70.5 Å². The molecule has 1 aromatic heterocycles. The first-order valence-corrected chi connectivity index (χ1v) is 9.04. The molecular formula is C19H17BrN6O2. The third kappa shape index (κ3) is 4.44. The monoisotopic (exact) mass is 440 g/mol. The lowest BCUT2D eigenvalue weighted by atomic mass is 10.1. The lowest BCUT2D eigenvalue weighted by Gasteiger charge is -2.13. The summed E-state index contributed by atoms with van der Waals surface area (Å²) in [4.78, 5) is 31.8. The van der Waals surface area contributed by atoms with Gasteiger partial charge in [0.05, 0.1) is 5.56 Å². The van der Waals surface area contributed by atoms with Crippen LogP contribution in [0.5, 0.6) is 0 Å². The molecular weight excluding hydrogens is 424 g/mol. The number of benzene rings is 2. The first-order chi connectivity index (χ1) is 13.5. The molecule has 5 N–H and O–H groups in total. The van der Waals surface area contributed by atoms with Gasteiger partial charge in [-0.2, -0.15) is 0 Å². The van der Waals surface area contributed by atoms with Crippen LogP contribution in [0.2, 0.25) is 0 Å². The summed E-state index contributed by atoms with van der Waals surface area (Å²) in [6.07, 6.45) is 1.32. The fourth-order valence-corrected chi connectivity index (χ4v) is 2.81. The Balaban J connectivity index is 1.71. The minimum Gasteiger partial charge on any atom is -0.393 e. The summed E-state index contributed by atoms with van der Waals surface area (Å²) in [5.74, 6) is 0.252. The SMILES string of the molecule is CC(=O)c1ccc(Nc2ncnc(NNC(=O)c3ccccc3Br)c2N)cc1.